The van der Waals surface area contributed by atoms with Crippen molar-refractivity contribution < 1.29 is 4.79 Å². The van der Waals surface area contributed by atoms with E-state index in [0.717, 1.165) is 50.1 Å². The molecule has 28 heavy (non-hydrogen) atoms. The first-order valence-corrected chi connectivity index (χ1v) is 11.6. The average molecular weight is 398 g/mol. The van der Waals surface area contributed by atoms with Gasteiger partial charge in [-0.25, -0.2) is 14.6 Å². The Kier molecular flexibility index (Phi) is 3.74. The van der Waals surface area contributed by atoms with Gasteiger partial charge in [0, 0.05) is 4.88 Å². The van der Waals surface area contributed by atoms with Gasteiger partial charge < -0.3 is 5.32 Å². The van der Waals surface area contributed by atoms with E-state index in [1.807, 2.05) is 6.33 Å². The minimum atomic E-state index is -0.265. The van der Waals surface area contributed by atoms with Gasteiger partial charge in [0.25, 0.3) is 0 Å². The summed E-state index contributed by atoms with van der Waals surface area (Å²) in [5.74, 6) is 1.46. The molecule has 0 saturated heterocycles. The van der Waals surface area contributed by atoms with Crippen molar-refractivity contribution in [1.82, 2.24) is 19.7 Å². The maximum atomic E-state index is 13.6. The average Bonchev–Trinajstić information content (AvgIpc) is 3.27. The highest BCUT2D eigenvalue weighted by molar-refractivity contribution is 7.15. The Labute approximate surface area is 169 Å². The molecule has 5 aliphatic carbocycles. The number of nitrogens with one attached hydrogen (secondary N) is 1. The third kappa shape index (κ3) is 2.58. The Morgan fingerprint density at radius 1 is 1.14 bits per heavy atom. The summed E-state index contributed by atoms with van der Waals surface area (Å²) in [5.41, 5.74) is 0.944. The molecule has 0 aromatic carbocycles. The molecule has 0 aliphatic heterocycles. The zero-order valence-electron chi connectivity index (χ0n) is 16.2. The SMILES string of the molecule is O=C(Nc1nc2c(s1)CCCCC2)C12C[C@H]3C[C@@H](C1)CC(n1cncn1)(C3)C2. The van der Waals surface area contributed by atoms with Crippen molar-refractivity contribution in [2.75, 3.05) is 5.32 Å². The normalized spacial score (nSPS) is 36.1. The van der Waals surface area contributed by atoms with E-state index >= 15 is 0 Å². The summed E-state index contributed by atoms with van der Waals surface area (Å²) in [6, 6.07) is 0. The molecule has 2 unspecified atom stereocenters. The smallest absolute Gasteiger partial charge is 0.232 e. The van der Waals surface area contributed by atoms with E-state index in [1.54, 1.807) is 17.7 Å². The number of hydrogen-bond donors (Lipinski definition) is 1. The fourth-order valence-corrected chi connectivity index (χ4v) is 8.06. The van der Waals surface area contributed by atoms with Crippen LogP contribution in [0.25, 0.3) is 0 Å². The van der Waals surface area contributed by atoms with Crippen molar-refractivity contribution in [1.29, 1.82) is 0 Å². The van der Waals surface area contributed by atoms with Crippen LogP contribution in [0.3, 0.4) is 0 Å². The molecular formula is C21H27N5OS. The van der Waals surface area contributed by atoms with Gasteiger partial charge in [-0.3, -0.25) is 4.79 Å². The molecule has 1 amide bonds. The molecule has 6 nitrogen and oxygen atoms in total. The number of thiazole rings is 1. The first kappa shape index (κ1) is 17.1. The lowest BCUT2D eigenvalue weighted by molar-refractivity contribution is -0.150. The second-order valence-corrected chi connectivity index (χ2v) is 10.8. The van der Waals surface area contributed by atoms with Crippen LogP contribution >= 0.6 is 11.3 Å². The molecule has 1 N–H and O–H groups in total. The number of hydrogen-bond acceptors (Lipinski definition) is 5. The van der Waals surface area contributed by atoms with E-state index in [1.165, 1.54) is 36.3 Å². The summed E-state index contributed by atoms with van der Waals surface area (Å²) in [6.07, 6.45) is 15.9. The monoisotopic (exact) mass is 397 g/mol. The Morgan fingerprint density at radius 3 is 2.75 bits per heavy atom. The van der Waals surface area contributed by atoms with Crippen molar-refractivity contribution in [3.8, 4) is 0 Å². The van der Waals surface area contributed by atoms with E-state index in [0.29, 0.717) is 11.8 Å². The molecule has 2 aromatic heterocycles. The van der Waals surface area contributed by atoms with Gasteiger partial charge >= 0.3 is 0 Å². The van der Waals surface area contributed by atoms with Crippen molar-refractivity contribution in [3.05, 3.63) is 23.2 Å². The van der Waals surface area contributed by atoms with Gasteiger partial charge in [0.2, 0.25) is 5.91 Å². The van der Waals surface area contributed by atoms with E-state index in [-0.39, 0.29) is 16.9 Å². The standard InChI is InChI=1S/C21H27N5OS/c27-18(25-19-24-16-4-2-1-3-5-17(16)28-19)20-7-14-6-15(8-20)10-21(9-14,11-20)26-13-22-12-23-26/h12-15H,1-11H2,(H,24,25,27)/t14-,15+,20?,21?. The van der Waals surface area contributed by atoms with Crippen molar-refractivity contribution >= 4 is 22.4 Å². The Bertz CT molecular complexity index is 867. The summed E-state index contributed by atoms with van der Waals surface area (Å²) in [5, 5.41) is 8.58. The molecule has 2 aromatic rings. The predicted molar refractivity (Wildman–Crippen MR) is 107 cm³/mol. The van der Waals surface area contributed by atoms with Crippen LogP contribution < -0.4 is 5.32 Å². The van der Waals surface area contributed by atoms with Crippen LogP contribution in [0.1, 0.15) is 68.4 Å². The van der Waals surface area contributed by atoms with Gasteiger partial charge in [-0.15, -0.1) is 11.3 Å². The second-order valence-electron chi connectivity index (χ2n) is 9.71. The van der Waals surface area contributed by atoms with Crippen molar-refractivity contribution in [2.45, 2.75) is 76.2 Å². The fourth-order valence-electron chi connectivity index (χ4n) is 7.01. The summed E-state index contributed by atoms with van der Waals surface area (Å²) in [7, 11) is 0. The quantitative estimate of drug-likeness (QED) is 0.796. The highest BCUT2D eigenvalue weighted by atomic mass is 32.1. The van der Waals surface area contributed by atoms with Gasteiger partial charge in [-0.2, -0.15) is 5.10 Å². The van der Waals surface area contributed by atoms with Gasteiger partial charge in [0.1, 0.15) is 12.7 Å². The molecule has 0 radical (unpaired) electrons. The predicted octanol–water partition coefficient (Wildman–Crippen LogP) is 3.94. The number of fused-ring (bicyclic) bond motifs is 1. The topological polar surface area (TPSA) is 72.7 Å². The number of nitrogens with zero attached hydrogens (tertiary/aromatic N) is 4. The Hall–Kier alpha value is -1.76. The number of aromatic nitrogens is 4. The zero-order valence-corrected chi connectivity index (χ0v) is 17.0. The van der Waals surface area contributed by atoms with E-state index in [2.05, 4.69) is 20.1 Å². The highest BCUT2D eigenvalue weighted by Crippen LogP contribution is 2.64. The van der Waals surface area contributed by atoms with E-state index < -0.39 is 0 Å². The van der Waals surface area contributed by atoms with Crippen LogP contribution in [0.2, 0.25) is 0 Å². The number of amides is 1. The molecule has 7 rings (SSSR count). The van der Waals surface area contributed by atoms with Crippen LogP contribution in [0.15, 0.2) is 12.7 Å². The van der Waals surface area contributed by atoms with Gasteiger partial charge in [0.15, 0.2) is 5.13 Å². The summed E-state index contributed by atoms with van der Waals surface area (Å²) >= 11 is 1.71. The van der Waals surface area contributed by atoms with Crippen molar-refractivity contribution in [3.63, 3.8) is 0 Å². The third-order valence-electron chi connectivity index (χ3n) is 7.73. The first-order valence-electron chi connectivity index (χ1n) is 10.8. The number of rotatable bonds is 3. The largest absolute Gasteiger partial charge is 0.301 e. The minimum Gasteiger partial charge on any atom is -0.301 e. The van der Waals surface area contributed by atoms with E-state index in [4.69, 9.17) is 4.98 Å². The fraction of sp³-hybridized carbons (Fsp3) is 0.714. The Morgan fingerprint density at radius 2 is 1.96 bits per heavy atom. The van der Waals surface area contributed by atoms with Crippen LogP contribution in [0.4, 0.5) is 5.13 Å². The maximum absolute atomic E-state index is 13.6. The molecule has 0 spiro atoms. The molecule has 4 bridgehead atoms. The molecule has 2 heterocycles. The second kappa shape index (κ2) is 6.12. The zero-order chi connectivity index (χ0) is 18.8. The van der Waals surface area contributed by atoms with Crippen LogP contribution in [0.5, 0.6) is 0 Å². The summed E-state index contributed by atoms with van der Waals surface area (Å²) < 4.78 is 2.07. The van der Waals surface area contributed by atoms with Crippen LogP contribution in [-0.2, 0) is 23.2 Å². The van der Waals surface area contributed by atoms with E-state index in [9.17, 15) is 4.79 Å². The van der Waals surface area contributed by atoms with Crippen LogP contribution in [0, 0.1) is 17.3 Å². The van der Waals surface area contributed by atoms with Gasteiger partial charge in [-0.05, 0) is 76.0 Å². The molecule has 148 valence electrons. The first-order chi connectivity index (χ1) is 13.6. The maximum Gasteiger partial charge on any atom is 0.232 e. The number of carbonyl (C=O) groups excluding carboxylic acids is 1. The molecule has 4 fully saturated rings. The lowest BCUT2D eigenvalue weighted by Gasteiger charge is -2.60. The molecule has 5 aliphatic rings. The number of aryl methyl sites for hydroxylation is 2. The molecule has 4 atom stereocenters. The third-order valence-corrected chi connectivity index (χ3v) is 8.81. The lowest BCUT2D eigenvalue weighted by atomic mass is 9.46. The summed E-state index contributed by atoms with van der Waals surface area (Å²) in [6.45, 7) is 0. The molecule has 7 heteroatoms. The van der Waals surface area contributed by atoms with Crippen LogP contribution in [-0.4, -0.2) is 25.7 Å². The van der Waals surface area contributed by atoms with Gasteiger partial charge in [0.05, 0.1) is 16.6 Å². The number of anilines is 1. The lowest BCUT2D eigenvalue weighted by Crippen LogP contribution is -2.60. The Balaban J connectivity index is 1.28. The summed E-state index contributed by atoms with van der Waals surface area (Å²) in [4.78, 5) is 24.0. The van der Waals surface area contributed by atoms with Gasteiger partial charge in [-0.1, -0.05) is 6.42 Å². The molecule has 4 saturated carbocycles. The number of carbonyl (C=O) groups is 1. The minimum absolute atomic E-state index is 0.0159. The highest BCUT2D eigenvalue weighted by Gasteiger charge is 2.61. The van der Waals surface area contributed by atoms with Crippen molar-refractivity contribution in [2.24, 2.45) is 17.3 Å². The molecular weight excluding hydrogens is 370 g/mol.